The first kappa shape index (κ1) is 31.2. The van der Waals surface area contributed by atoms with Crippen LogP contribution in [0.1, 0.15) is 125 Å². The van der Waals surface area contributed by atoms with Gasteiger partial charge in [0, 0.05) is 103 Å². The van der Waals surface area contributed by atoms with Gasteiger partial charge in [-0.15, -0.1) is 5.06 Å². The van der Waals surface area contributed by atoms with Gasteiger partial charge in [0.15, 0.2) is 28.8 Å². The van der Waals surface area contributed by atoms with E-state index in [1.54, 1.807) is 0 Å². The van der Waals surface area contributed by atoms with Crippen molar-refractivity contribution in [2.75, 3.05) is 43.0 Å². The van der Waals surface area contributed by atoms with E-state index in [0.717, 1.165) is 16.5 Å². The van der Waals surface area contributed by atoms with Crippen molar-refractivity contribution in [2.24, 2.45) is 0 Å². The van der Waals surface area contributed by atoms with Crippen LogP contribution in [0.3, 0.4) is 0 Å². The van der Waals surface area contributed by atoms with Gasteiger partial charge in [-0.2, -0.15) is 16.8 Å². The minimum absolute atomic E-state index is 0.127. The summed E-state index contributed by atoms with van der Waals surface area (Å²) in [7, 11) is -11.5. The summed E-state index contributed by atoms with van der Waals surface area (Å²) in [5, 5.41) is -1.39. The van der Waals surface area contributed by atoms with E-state index >= 15 is 17.6 Å². The molecule has 360 valence electrons. The number of anilines is 1. The van der Waals surface area contributed by atoms with E-state index in [0.29, 0.717) is 17.0 Å². The van der Waals surface area contributed by atoms with Crippen LogP contribution in [0.25, 0.3) is 16.7 Å². The minimum Gasteiger partial charge on any atom is -0.455 e. The lowest BCUT2D eigenvalue weighted by atomic mass is 9.78. The summed E-state index contributed by atoms with van der Waals surface area (Å²) >= 11 is 0. The average Bonchev–Trinajstić information content (AvgIpc) is 0.732. The number of hydrogen-bond acceptors (Lipinski definition) is 11. The smallest absolute Gasteiger partial charge is 0.334 e. The van der Waals surface area contributed by atoms with Crippen LogP contribution >= 0.6 is 0 Å². The van der Waals surface area contributed by atoms with E-state index in [2.05, 4.69) is 0 Å². The molecule has 0 saturated carbocycles. The Bertz CT molecular complexity index is 3920. The molecule has 68 heavy (non-hydrogen) atoms. The fraction of sp³-hybridized carbons (Fsp3) is 0.413. The second-order valence-corrected chi connectivity index (χ2v) is 18.9. The first-order chi connectivity index (χ1) is 38.2. The Morgan fingerprint density at radius 1 is 0.853 bits per heavy atom. The molecule has 0 aliphatic carbocycles. The number of fused-ring (bicyclic) bond motifs is 4. The first-order valence-electron chi connectivity index (χ1n) is 28.3. The topological polar surface area (TPSA) is 208 Å². The fourth-order valence-corrected chi connectivity index (χ4v) is 10.3. The van der Waals surface area contributed by atoms with Gasteiger partial charge in [-0.25, -0.2) is 26.9 Å². The van der Waals surface area contributed by atoms with Crippen LogP contribution in [-0.2, 0) is 52.3 Å². The number of nitrogens with zero attached hydrogens (tertiary/aromatic N) is 4. The second-order valence-electron chi connectivity index (χ2n) is 16.6. The monoisotopic (exact) mass is 1000 g/mol. The standard InChI is InChI=1S/C46H44F4N4O12S2/c1-45(2)18-22(20-67(59,60)61)26-16-28-33(34-35(37(48)39(50)38(49)36(34)47)44(58)51(5)15-12-32(57)66-54-30(55)10-11-31(54)56)29-17-27-23(21-68(62,63)64)19-46(3,4)53-14-7-9-25(41(27)53)43(29)65-42(28)24-8-6-13-52(45)40(24)26/h16-19H,6-15,20-21H2,1-5H3,(H-,59,60,61,62,63,64)/p+1/i1D3,2D3,3D3,4D3,20D2,21D2. The lowest BCUT2D eigenvalue weighted by molar-refractivity contribution is -0.197. The van der Waals surface area contributed by atoms with Crippen LogP contribution in [0, 0.1) is 23.3 Å². The Kier molecular flexibility index (Phi) is 7.37. The van der Waals surface area contributed by atoms with Crippen molar-refractivity contribution in [1.82, 2.24) is 14.5 Å². The highest BCUT2D eigenvalue weighted by atomic mass is 32.2. The zero-order chi connectivity index (χ0) is 62.9. The maximum Gasteiger partial charge on any atom is 0.334 e. The number of hydroxylamine groups is 2. The number of benzene rings is 3. The zero-order valence-electron chi connectivity index (χ0n) is 51.0. The molecule has 6 aliphatic heterocycles. The predicted octanol–water partition coefficient (Wildman–Crippen LogP) is 3.98. The number of carbonyl (C=O) groups excluding carboxylic acids is 4. The van der Waals surface area contributed by atoms with Gasteiger partial charge in [-0.3, -0.25) is 23.5 Å². The highest BCUT2D eigenvalue weighted by molar-refractivity contribution is 7.86. The highest BCUT2D eigenvalue weighted by Gasteiger charge is 2.45. The number of hydrogen-bond donors (Lipinski definition) is 2. The number of halogens is 4. The van der Waals surface area contributed by atoms with Gasteiger partial charge >= 0.3 is 5.97 Å². The van der Waals surface area contributed by atoms with Gasteiger partial charge in [0.2, 0.25) is 5.36 Å². The molecule has 1 saturated heterocycles. The van der Waals surface area contributed by atoms with E-state index in [1.807, 2.05) is 0 Å². The molecule has 6 heterocycles. The molecule has 6 aliphatic rings. The maximum absolute atomic E-state index is 17.7. The highest BCUT2D eigenvalue weighted by Crippen LogP contribution is 2.53. The molecular formula is C46H45F4N4O12S2+. The molecule has 16 nitrogen and oxygen atoms in total. The molecule has 3 amide bonds. The minimum atomic E-state index is -6.17. The SMILES string of the molecule is [2H]C([2H])([2H])C1(C([2H])([2H])[2H])C=C(C([2H])([2H])S(=O)(=O)O)c2cc3c(c4c2N1CCC4)Oc1c2c4c(cc1=C3c1c(F)c(F)c(F)c(F)c1C(=O)N(C)CCC(=O)ON1C(=O)CCC1=O)C(C([2H])([2H])S(=O)(=O)O)=CC(C([2H])([2H])[2H])(C([2H])([2H])[2H])[N+]=4CCC2. The summed E-state index contributed by atoms with van der Waals surface area (Å²) in [4.78, 5) is 58.0. The molecule has 0 spiro atoms. The van der Waals surface area contributed by atoms with Crippen molar-refractivity contribution in [1.29, 1.82) is 0 Å². The first-order valence-corrected chi connectivity index (χ1v) is 23.2. The third-order valence-corrected chi connectivity index (χ3v) is 13.1. The Morgan fingerprint density at radius 2 is 1.50 bits per heavy atom. The van der Waals surface area contributed by atoms with Gasteiger partial charge in [0.25, 0.3) is 38.0 Å². The van der Waals surface area contributed by atoms with Crippen molar-refractivity contribution >= 4 is 66.3 Å². The zero-order valence-corrected chi connectivity index (χ0v) is 36.6. The molecule has 3 aromatic carbocycles. The lowest BCUT2D eigenvalue weighted by Gasteiger charge is -2.47. The normalized spacial score (nSPS) is 23.5. The van der Waals surface area contributed by atoms with Crippen LogP contribution in [0.2, 0.25) is 0 Å². The molecule has 2 N–H and O–H groups in total. The van der Waals surface area contributed by atoms with Crippen LogP contribution < -0.4 is 24.8 Å². The molecule has 1 fully saturated rings. The van der Waals surface area contributed by atoms with Gasteiger partial charge < -0.3 is 19.4 Å². The van der Waals surface area contributed by atoms with Crippen molar-refractivity contribution in [3.05, 3.63) is 97.1 Å². The largest absolute Gasteiger partial charge is 0.455 e. The van der Waals surface area contributed by atoms with Crippen molar-refractivity contribution < 1.29 is 94.2 Å². The number of amides is 3. The fourth-order valence-electron chi connectivity index (χ4n) is 9.39. The van der Waals surface area contributed by atoms with E-state index in [-0.39, 0.29) is 42.9 Å². The third-order valence-electron chi connectivity index (χ3n) is 12.1. The van der Waals surface area contributed by atoms with E-state index in [1.165, 1.54) is 0 Å². The molecule has 0 atom stereocenters. The summed E-state index contributed by atoms with van der Waals surface area (Å²) in [6, 6.07) is 1.27. The van der Waals surface area contributed by atoms with Crippen LogP contribution in [0.4, 0.5) is 23.2 Å². The van der Waals surface area contributed by atoms with Crippen LogP contribution in [-0.4, -0.2) is 109 Å². The van der Waals surface area contributed by atoms with E-state index < -0.39 is 239 Å². The molecular weight excluding hydrogens is 941 g/mol. The maximum atomic E-state index is 17.7. The van der Waals surface area contributed by atoms with E-state index in [4.69, 9.17) is 31.5 Å². The molecule has 0 unspecified atom stereocenters. The predicted molar refractivity (Wildman–Crippen MR) is 236 cm³/mol. The van der Waals surface area contributed by atoms with Gasteiger partial charge in [0.05, 0.1) is 39.8 Å². The summed E-state index contributed by atoms with van der Waals surface area (Å²) in [6.07, 6.45) is -2.77. The Balaban J connectivity index is 1.50. The van der Waals surface area contributed by atoms with Gasteiger partial charge in [0.1, 0.15) is 29.5 Å². The molecule has 22 heteroatoms. The quantitative estimate of drug-likeness (QED) is 0.0577. The molecule has 0 aromatic heterocycles. The molecule has 3 aromatic rings. The van der Waals surface area contributed by atoms with Crippen LogP contribution in [0.5, 0.6) is 11.5 Å². The Morgan fingerprint density at radius 3 is 2.15 bits per heavy atom. The summed E-state index contributed by atoms with van der Waals surface area (Å²) < 4.78 is 288. The average molecular weight is 1000 g/mol. The molecule has 9 rings (SSSR count). The van der Waals surface area contributed by atoms with E-state index in [9.17, 15) is 45.1 Å². The Hall–Kier alpha value is -5.97. The third kappa shape index (κ3) is 7.77. The number of carbonyl (C=O) groups is 4. The van der Waals surface area contributed by atoms with Crippen LogP contribution in [0.15, 0.2) is 24.3 Å². The summed E-state index contributed by atoms with van der Waals surface area (Å²) in [5.41, 5.74) is -26.9. The van der Waals surface area contributed by atoms with Gasteiger partial charge in [-0.1, -0.05) is 6.08 Å². The lowest BCUT2D eigenvalue weighted by Crippen LogP contribution is -2.53. The second kappa shape index (κ2) is 16.1. The molecule has 0 radical (unpaired) electrons. The number of rotatable bonds is 10. The number of ether oxygens (including phenoxy) is 1. The van der Waals surface area contributed by atoms with Crippen molar-refractivity contribution in [3.8, 4) is 11.5 Å². The molecule has 0 bridgehead atoms. The van der Waals surface area contributed by atoms with Gasteiger partial charge in [-0.05, 0) is 62.3 Å². The van der Waals surface area contributed by atoms with Crippen molar-refractivity contribution in [3.63, 3.8) is 0 Å². The summed E-state index contributed by atoms with van der Waals surface area (Å²) in [6.45, 7) is -17.2. The van der Waals surface area contributed by atoms with Crippen molar-refractivity contribution in [2.45, 2.75) is 83.4 Å². The summed E-state index contributed by atoms with van der Waals surface area (Å²) in [5.74, 6) is -16.9. The Labute approximate surface area is 409 Å². The number of imide groups is 1.